The summed E-state index contributed by atoms with van der Waals surface area (Å²) in [6.45, 7) is 4.78. The van der Waals surface area contributed by atoms with Gasteiger partial charge in [0.05, 0.1) is 6.54 Å². The summed E-state index contributed by atoms with van der Waals surface area (Å²) in [7, 11) is -1.61. The van der Waals surface area contributed by atoms with Gasteiger partial charge in [0.15, 0.2) is 5.96 Å². The van der Waals surface area contributed by atoms with E-state index in [1.807, 2.05) is 6.07 Å². The van der Waals surface area contributed by atoms with Crippen LogP contribution in [0.25, 0.3) is 0 Å². The van der Waals surface area contributed by atoms with Gasteiger partial charge in [0.1, 0.15) is 4.21 Å². The molecule has 1 fully saturated rings. The van der Waals surface area contributed by atoms with Gasteiger partial charge in [-0.2, -0.15) is 15.6 Å². The highest BCUT2D eigenvalue weighted by atomic mass is 127. The average molecular weight is 569 g/mol. The summed E-state index contributed by atoms with van der Waals surface area (Å²) < 4.78 is 27.6. The fourth-order valence-corrected chi connectivity index (χ4v) is 6.89. The lowest BCUT2D eigenvalue weighted by molar-refractivity contribution is 0.347. The predicted octanol–water partition coefficient (Wildman–Crippen LogP) is 4.07. The van der Waals surface area contributed by atoms with Crippen LogP contribution in [0.3, 0.4) is 0 Å². The molecule has 1 aliphatic rings. The third kappa shape index (κ3) is 6.65. The fraction of sp³-hybridized carbons (Fsp3) is 0.526. The Morgan fingerprint density at radius 1 is 1.21 bits per heavy atom. The molecule has 1 aliphatic heterocycles. The SMILES string of the molecule is CN=C(NCc1ccc(S(=O)(=O)N2CCCCC2)s1)NCC(C)c1ccsc1.I. The number of hydrogen-bond donors (Lipinski definition) is 2. The van der Waals surface area contributed by atoms with Crippen molar-refractivity contribution in [3.63, 3.8) is 0 Å². The number of hydrogen-bond acceptors (Lipinski definition) is 5. The number of thiophene rings is 2. The molecule has 3 rings (SSSR count). The summed E-state index contributed by atoms with van der Waals surface area (Å²) in [5, 5.41) is 10.9. The summed E-state index contributed by atoms with van der Waals surface area (Å²) >= 11 is 3.04. The number of piperidine rings is 1. The van der Waals surface area contributed by atoms with E-state index in [2.05, 4.69) is 39.4 Å². The quantitative estimate of drug-likeness (QED) is 0.300. The van der Waals surface area contributed by atoms with Crippen LogP contribution in [0, 0.1) is 0 Å². The molecule has 2 aromatic heterocycles. The maximum Gasteiger partial charge on any atom is 0.252 e. The lowest BCUT2D eigenvalue weighted by Gasteiger charge is -2.25. The molecule has 0 aromatic carbocycles. The van der Waals surface area contributed by atoms with E-state index in [9.17, 15) is 8.42 Å². The van der Waals surface area contributed by atoms with Crippen LogP contribution in [-0.4, -0.2) is 45.4 Å². The summed E-state index contributed by atoms with van der Waals surface area (Å²) in [5.41, 5.74) is 1.32. The normalized spacial score (nSPS) is 16.8. The highest BCUT2D eigenvalue weighted by Gasteiger charge is 2.27. The maximum atomic E-state index is 12.8. The maximum absolute atomic E-state index is 12.8. The second kappa shape index (κ2) is 11.6. The summed E-state index contributed by atoms with van der Waals surface area (Å²) in [6.07, 6.45) is 3.01. The second-order valence-electron chi connectivity index (χ2n) is 6.95. The minimum Gasteiger partial charge on any atom is -0.356 e. The van der Waals surface area contributed by atoms with E-state index in [1.165, 1.54) is 16.9 Å². The first kappa shape index (κ1) is 24.6. The lowest BCUT2D eigenvalue weighted by Crippen LogP contribution is -2.38. The lowest BCUT2D eigenvalue weighted by atomic mass is 10.1. The fourth-order valence-electron chi connectivity index (χ4n) is 3.14. The van der Waals surface area contributed by atoms with Gasteiger partial charge in [-0.3, -0.25) is 4.99 Å². The van der Waals surface area contributed by atoms with Crippen LogP contribution in [0.4, 0.5) is 0 Å². The number of nitrogens with zero attached hydrogens (tertiary/aromatic N) is 2. The van der Waals surface area contributed by atoms with E-state index in [0.29, 0.717) is 29.8 Å². The van der Waals surface area contributed by atoms with E-state index in [-0.39, 0.29) is 24.0 Å². The molecule has 2 N–H and O–H groups in total. The highest BCUT2D eigenvalue weighted by molar-refractivity contribution is 14.0. The Labute approximate surface area is 198 Å². The molecule has 1 unspecified atom stereocenters. The summed E-state index contributed by atoms with van der Waals surface area (Å²) in [4.78, 5) is 5.24. The number of halogens is 1. The van der Waals surface area contributed by atoms with Gasteiger partial charge in [-0.05, 0) is 53.3 Å². The molecule has 162 valence electrons. The Kier molecular flexibility index (Phi) is 9.86. The molecule has 0 saturated carbocycles. The molecule has 0 bridgehead atoms. The Balaban J connectivity index is 0.00000300. The highest BCUT2D eigenvalue weighted by Crippen LogP contribution is 2.27. The minimum atomic E-state index is -3.35. The van der Waals surface area contributed by atoms with Crippen molar-refractivity contribution in [2.24, 2.45) is 4.99 Å². The predicted molar refractivity (Wildman–Crippen MR) is 133 cm³/mol. The molecule has 2 aromatic rings. The van der Waals surface area contributed by atoms with E-state index in [0.717, 1.165) is 36.6 Å². The van der Waals surface area contributed by atoms with Crippen molar-refractivity contribution >= 4 is 62.6 Å². The zero-order chi connectivity index (χ0) is 20.0. The van der Waals surface area contributed by atoms with Crippen LogP contribution in [-0.2, 0) is 16.6 Å². The van der Waals surface area contributed by atoms with Crippen LogP contribution in [0.5, 0.6) is 0 Å². The molecule has 10 heteroatoms. The second-order valence-corrected chi connectivity index (χ2v) is 11.1. The molecule has 0 spiro atoms. The van der Waals surface area contributed by atoms with E-state index in [1.54, 1.807) is 28.8 Å². The van der Waals surface area contributed by atoms with Crippen molar-refractivity contribution in [3.8, 4) is 0 Å². The Morgan fingerprint density at radius 3 is 2.62 bits per heavy atom. The van der Waals surface area contributed by atoms with Crippen LogP contribution in [0.2, 0.25) is 0 Å². The van der Waals surface area contributed by atoms with Gasteiger partial charge in [-0.15, -0.1) is 35.3 Å². The molecule has 29 heavy (non-hydrogen) atoms. The summed E-state index contributed by atoms with van der Waals surface area (Å²) in [6, 6.07) is 5.75. The molecule has 0 aliphatic carbocycles. The van der Waals surface area contributed by atoms with Gasteiger partial charge < -0.3 is 10.6 Å². The molecule has 3 heterocycles. The topological polar surface area (TPSA) is 73.8 Å². The average Bonchev–Trinajstić information content (AvgIpc) is 3.41. The Hall–Kier alpha value is -0.690. The van der Waals surface area contributed by atoms with Crippen molar-refractivity contribution in [3.05, 3.63) is 39.4 Å². The van der Waals surface area contributed by atoms with Crippen molar-refractivity contribution in [2.75, 3.05) is 26.7 Å². The van der Waals surface area contributed by atoms with E-state index in [4.69, 9.17) is 0 Å². The standard InChI is InChI=1S/C19H28N4O2S3.HI/c1-15(16-8-11-26-14-16)12-21-19(20-2)22-13-17-6-7-18(27-17)28(24,25)23-9-4-3-5-10-23;/h6-8,11,14-15H,3-5,9-10,12-13H2,1-2H3,(H2,20,21,22);1H. The minimum absolute atomic E-state index is 0. The van der Waals surface area contributed by atoms with Gasteiger partial charge in [0.2, 0.25) is 0 Å². The van der Waals surface area contributed by atoms with Crippen molar-refractivity contribution < 1.29 is 8.42 Å². The van der Waals surface area contributed by atoms with Gasteiger partial charge in [0, 0.05) is 31.6 Å². The van der Waals surface area contributed by atoms with Crippen LogP contribution in [0.15, 0.2) is 38.2 Å². The molecule has 6 nitrogen and oxygen atoms in total. The zero-order valence-electron chi connectivity index (χ0n) is 16.8. The third-order valence-electron chi connectivity index (χ3n) is 4.89. The first-order chi connectivity index (χ1) is 13.5. The number of guanidine groups is 1. The van der Waals surface area contributed by atoms with Crippen molar-refractivity contribution in [1.82, 2.24) is 14.9 Å². The number of rotatable bonds is 7. The third-order valence-corrected chi connectivity index (χ3v) is 9.04. The van der Waals surface area contributed by atoms with Gasteiger partial charge in [-0.1, -0.05) is 13.3 Å². The Bertz CT molecular complexity index is 875. The first-order valence-corrected chi connectivity index (χ1v) is 12.8. The summed E-state index contributed by atoms with van der Waals surface area (Å²) in [5.74, 6) is 1.11. The largest absolute Gasteiger partial charge is 0.356 e. The zero-order valence-corrected chi connectivity index (χ0v) is 21.5. The van der Waals surface area contributed by atoms with Gasteiger partial charge >= 0.3 is 0 Å². The molecule has 1 saturated heterocycles. The Morgan fingerprint density at radius 2 is 1.97 bits per heavy atom. The van der Waals surface area contributed by atoms with E-state index < -0.39 is 10.0 Å². The van der Waals surface area contributed by atoms with Crippen LogP contribution < -0.4 is 10.6 Å². The van der Waals surface area contributed by atoms with Crippen LogP contribution in [0.1, 0.15) is 42.5 Å². The number of nitrogens with one attached hydrogen (secondary N) is 2. The molecule has 1 atom stereocenters. The monoisotopic (exact) mass is 568 g/mol. The van der Waals surface area contributed by atoms with Crippen LogP contribution >= 0.6 is 46.7 Å². The van der Waals surface area contributed by atoms with Gasteiger partial charge in [0.25, 0.3) is 10.0 Å². The molecular formula is C19H29IN4O2S3. The number of sulfonamides is 1. The smallest absolute Gasteiger partial charge is 0.252 e. The van der Waals surface area contributed by atoms with E-state index >= 15 is 0 Å². The molecule has 0 radical (unpaired) electrons. The first-order valence-electron chi connectivity index (χ1n) is 9.56. The molecular weight excluding hydrogens is 539 g/mol. The molecule has 0 amide bonds. The van der Waals surface area contributed by atoms with Gasteiger partial charge in [-0.25, -0.2) is 8.42 Å². The van der Waals surface area contributed by atoms with Crippen molar-refractivity contribution in [1.29, 1.82) is 0 Å². The van der Waals surface area contributed by atoms with Crippen molar-refractivity contribution in [2.45, 2.75) is 42.9 Å². The number of aliphatic imine (C=N–C) groups is 1.